The predicted octanol–water partition coefficient (Wildman–Crippen LogP) is 0.457. The molecule has 2 aliphatic rings. The molecule has 2 rings (SSSR count). The summed E-state index contributed by atoms with van der Waals surface area (Å²) in [6, 6.07) is 0. The van der Waals surface area contributed by atoms with Crippen LogP contribution in [-0.2, 0) is 14.3 Å². The van der Waals surface area contributed by atoms with Gasteiger partial charge in [-0.3, -0.25) is 0 Å². The average Bonchev–Trinajstić information content (AvgIpc) is 2.71. The summed E-state index contributed by atoms with van der Waals surface area (Å²) < 4.78 is 24.2. The highest BCUT2D eigenvalue weighted by atomic mass is 19.1. The molecule has 1 saturated heterocycles. The lowest BCUT2D eigenvalue weighted by molar-refractivity contribution is -0.213. The van der Waals surface area contributed by atoms with Gasteiger partial charge in [0.05, 0.1) is 13.2 Å². The van der Waals surface area contributed by atoms with E-state index in [0.29, 0.717) is 26.1 Å². The first-order valence-electron chi connectivity index (χ1n) is 5.35. The van der Waals surface area contributed by atoms with E-state index in [1.54, 1.807) is 0 Å². The minimum Gasteiger partial charge on any atom is -0.479 e. The summed E-state index contributed by atoms with van der Waals surface area (Å²) in [5.74, 6) is -2.34. The van der Waals surface area contributed by atoms with Crippen molar-refractivity contribution in [1.29, 1.82) is 0 Å². The van der Waals surface area contributed by atoms with Crippen molar-refractivity contribution in [2.75, 3.05) is 13.2 Å². The van der Waals surface area contributed by atoms with Crippen molar-refractivity contribution in [3.63, 3.8) is 0 Å². The molecule has 1 spiro atoms. The Morgan fingerprint density at radius 1 is 1.19 bits per heavy atom. The van der Waals surface area contributed by atoms with Crippen molar-refractivity contribution in [3.8, 4) is 0 Å². The third-order valence-electron chi connectivity index (χ3n) is 3.38. The van der Waals surface area contributed by atoms with Gasteiger partial charge in [-0.15, -0.1) is 0 Å². The molecule has 1 aliphatic carbocycles. The second-order valence-corrected chi connectivity index (χ2v) is 4.41. The number of hydrogen-bond donors (Lipinski definition) is 2. The van der Waals surface area contributed by atoms with Crippen LogP contribution >= 0.6 is 0 Å². The van der Waals surface area contributed by atoms with E-state index >= 15 is 0 Å². The van der Waals surface area contributed by atoms with Crippen molar-refractivity contribution in [2.24, 2.45) is 0 Å². The van der Waals surface area contributed by atoms with Gasteiger partial charge in [0.1, 0.15) is 5.60 Å². The largest absolute Gasteiger partial charge is 0.479 e. The third-order valence-corrected chi connectivity index (χ3v) is 3.38. The number of aliphatic hydroxyl groups is 1. The fraction of sp³-hybridized carbons (Fsp3) is 0.900. The summed E-state index contributed by atoms with van der Waals surface area (Å²) in [6.07, 6.45) is -1.50. The first-order chi connectivity index (χ1) is 7.48. The highest BCUT2D eigenvalue weighted by Crippen LogP contribution is 2.42. The normalized spacial score (nSPS) is 29.1. The lowest BCUT2D eigenvalue weighted by atomic mass is 9.78. The van der Waals surface area contributed by atoms with E-state index in [-0.39, 0.29) is 12.8 Å². The predicted molar refractivity (Wildman–Crippen MR) is 50.6 cm³/mol. The molecule has 6 heteroatoms. The zero-order valence-electron chi connectivity index (χ0n) is 8.82. The number of aliphatic carboxylic acids is 1. The van der Waals surface area contributed by atoms with Crippen molar-refractivity contribution in [1.82, 2.24) is 0 Å². The molecule has 1 aliphatic heterocycles. The van der Waals surface area contributed by atoms with Crippen LogP contribution in [0.3, 0.4) is 0 Å². The molecule has 0 aromatic carbocycles. The fourth-order valence-corrected chi connectivity index (χ4v) is 2.33. The zero-order chi connectivity index (χ0) is 11.8. The Morgan fingerprint density at radius 3 is 2.12 bits per heavy atom. The number of alkyl halides is 1. The fourth-order valence-electron chi connectivity index (χ4n) is 2.33. The minimum atomic E-state index is -2.24. The van der Waals surface area contributed by atoms with Gasteiger partial charge in [-0.25, -0.2) is 9.18 Å². The van der Waals surface area contributed by atoms with Crippen LogP contribution in [0.15, 0.2) is 0 Å². The van der Waals surface area contributed by atoms with Crippen LogP contribution in [0.2, 0.25) is 0 Å². The zero-order valence-corrected chi connectivity index (χ0v) is 8.82. The first kappa shape index (κ1) is 11.8. The van der Waals surface area contributed by atoms with E-state index in [1.807, 2.05) is 0 Å². The van der Waals surface area contributed by atoms with Gasteiger partial charge in [-0.2, -0.15) is 0 Å². The van der Waals surface area contributed by atoms with Gasteiger partial charge in [0.15, 0.2) is 5.79 Å². The second-order valence-electron chi connectivity index (χ2n) is 4.41. The molecule has 1 atom stereocenters. The highest BCUT2D eigenvalue weighted by Gasteiger charge is 2.51. The number of carboxylic acid groups (broad SMARTS) is 1. The topological polar surface area (TPSA) is 76.0 Å². The van der Waals surface area contributed by atoms with Crippen LogP contribution in [0.1, 0.15) is 25.7 Å². The van der Waals surface area contributed by atoms with E-state index in [0.717, 1.165) is 0 Å². The van der Waals surface area contributed by atoms with E-state index in [4.69, 9.17) is 14.6 Å². The van der Waals surface area contributed by atoms with Crippen LogP contribution in [0, 0.1) is 0 Å². The van der Waals surface area contributed by atoms with Crippen LogP contribution < -0.4 is 0 Å². The van der Waals surface area contributed by atoms with E-state index < -0.39 is 23.5 Å². The van der Waals surface area contributed by atoms with Gasteiger partial charge in [0.2, 0.25) is 6.17 Å². The molecule has 16 heavy (non-hydrogen) atoms. The molecule has 2 fully saturated rings. The van der Waals surface area contributed by atoms with Crippen LogP contribution in [0.25, 0.3) is 0 Å². The van der Waals surface area contributed by atoms with Gasteiger partial charge >= 0.3 is 5.97 Å². The molecule has 2 N–H and O–H groups in total. The monoisotopic (exact) mass is 234 g/mol. The summed E-state index contributed by atoms with van der Waals surface area (Å²) in [5.41, 5.74) is -1.79. The maximum atomic E-state index is 13.3. The maximum Gasteiger partial charge on any atom is 0.341 e. The summed E-state index contributed by atoms with van der Waals surface area (Å²) in [7, 11) is 0. The van der Waals surface area contributed by atoms with Crippen molar-refractivity contribution in [3.05, 3.63) is 0 Å². The summed E-state index contributed by atoms with van der Waals surface area (Å²) in [5, 5.41) is 18.4. The van der Waals surface area contributed by atoms with Crippen molar-refractivity contribution < 1.29 is 28.9 Å². The molecule has 5 nitrogen and oxygen atoms in total. The molecule has 1 unspecified atom stereocenters. The number of ether oxygens (including phenoxy) is 2. The molecule has 0 aromatic rings. The highest BCUT2D eigenvalue weighted by molar-refractivity contribution is 5.73. The van der Waals surface area contributed by atoms with Gasteiger partial charge in [0, 0.05) is 12.8 Å². The Hall–Kier alpha value is -0.720. The van der Waals surface area contributed by atoms with Gasteiger partial charge in [-0.05, 0) is 12.8 Å². The lowest BCUT2D eigenvalue weighted by Gasteiger charge is -2.40. The molecular formula is C10H15FO5. The Kier molecular flexibility index (Phi) is 2.90. The van der Waals surface area contributed by atoms with Gasteiger partial charge in [-0.1, -0.05) is 0 Å². The molecule has 92 valence electrons. The summed E-state index contributed by atoms with van der Waals surface area (Å²) >= 11 is 0. The molecule has 0 radical (unpaired) electrons. The Bertz CT molecular complexity index is 277. The van der Waals surface area contributed by atoms with Gasteiger partial charge in [0.25, 0.3) is 0 Å². The maximum absolute atomic E-state index is 13.3. The first-order valence-corrected chi connectivity index (χ1v) is 5.35. The smallest absolute Gasteiger partial charge is 0.341 e. The Balaban J connectivity index is 2.00. The van der Waals surface area contributed by atoms with Crippen LogP contribution in [-0.4, -0.2) is 47.0 Å². The SMILES string of the molecule is O=C(O)C(F)C1(O)CCC2(CC1)OCCO2. The number of carbonyl (C=O) groups is 1. The molecule has 0 amide bonds. The molecule has 0 bridgehead atoms. The van der Waals surface area contributed by atoms with Crippen LogP contribution in [0.4, 0.5) is 4.39 Å². The standard InChI is InChI=1S/C10H15FO5/c11-7(8(12)13)9(14)1-3-10(4-2-9)15-5-6-16-10/h7,14H,1-6H2,(H,12,13). The van der Waals surface area contributed by atoms with Crippen LogP contribution in [0.5, 0.6) is 0 Å². The molecule has 0 aromatic heterocycles. The molecular weight excluding hydrogens is 219 g/mol. The average molecular weight is 234 g/mol. The van der Waals surface area contributed by atoms with Gasteiger partial charge < -0.3 is 19.7 Å². The van der Waals surface area contributed by atoms with E-state index in [1.165, 1.54) is 0 Å². The Morgan fingerprint density at radius 2 is 1.69 bits per heavy atom. The molecule has 1 heterocycles. The van der Waals surface area contributed by atoms with E-state index in [2.05, 4.69) is 0 Å². The summed E-state index contributed by atoms with van der Waals surface area (Å²) in [6.45, 7) is 0.993. The minimum absolute atomic E-state index is 0.0421. The number of carboxylic acids is 1. The van der Waals surface area contributed by atoms with E-state index in [9.17, 15) is 14.3 Å². The Labute approximate surface area is 92.2 Å². The lowest BCUT2D eigenvalue weighted by Crippen LogP contribution is -2.51. The number of halogens is 1. The number of rotatable bonds is 2. The quantitative estimate of drug-likeness (QED) is 0.725. The summed E-state index contributed by atoms with van der Waals surface area (Å²) in [4.78, 5) is 10.5. The van der Waals surface area contributed by atoms with Crippen molar-refractivity contribution in [2.45, 2.75) is 43.2 Å². The second kappa shape index (κ2) is 3.94. The third kappa shape index (κ3) is 1.92. The van der Waals surface area contributed by atoms with Crippen molar-refractivity contribution >= 4 is 5.97 Å². The number of hydrogen-bond acceptors (Lipinski definition) is 4. The molecule has 1 saturated carbocycles.